The van der Waals surface area contributed by atoms with Crippen molar-refractivity contribution in [3.05, 3.63) is 35.4 Å². The number of hydrogen-bond donors (Lipinski definition) is 2. The van der Waals surface area contributed by atoms with Crippen LogP contribution in [-0.4, -0.2) is 39.9 Å². The third kappa shape index (κ3) is 4.13. The third-order valence-corrected chi connectivity index (χ3v) is 4.61. The van der Waals surface area contributed by atoms with Gasteiger partial charge < -0.3 is 15.3 Å². The summed E-state index contributed by atoms with van der Waals surface area (Å²) in [6.07, 6.45) is 0.803. The van der Waals surface area contributed by atoms with Crippen LogP contribution >= 0.6 is 0 Å². The Labute approximate surface area is 141 Å². The molecule has 0 saturated carbocycles. The number of carbonyl (C=O) groups is 3. The number of nitrogens with one attached hydrogen (secondary N) is 1. The minimum atomic E-state index is -0.957. The summed E-state index contributed by atoms with van der Waals surface area (Å²) in [7, 11) is 0. The van der Waals surface area contributed by atoms with Crippen molar-refractivity contribution in [3.8, 4) is 0 Å². The van der Waals surface area contributed by atoms with E-state index < -0.39 is 24.0 Å². The molecule has 2 N–H and O–H groups in total. The van der Waals surface area contributed by atoms with Crippen LogP contribution in [0.15, 0.2) is 24.3 Å². The summed E-state index contributed by atoms with van der Waals surface area (Å²) in [6, 6.07) is 6.81. The van der Waals surface area contributed by atoms with E-state index in [0.717, 1.165) is 11.1 Å². The first-order valence-electron chi connectivity index (χ1n) is 8.17. The van der Waals surface area contributed by atoms with Gasteiger partial charge in [-0.25, -0.2) is 0 Å². The molecule has 2 rings (SSSR count). The fraction of sp³-hybridized carbons (Fsp3) is 0.500. The number of likely N-dealkylation sites (tertiary alicyclic amines) is 1. The zero-order valence-corrected chi connectivity index (χ0v) is 14.3. The summed E-state index contributed by atoms with van der Waals surface area (Å²) in [6.45, 7) is 5.60. The van der Waals surface area contributed by atoms with Gasteiger partial charge in [0.1, 0.15) is 6.04 Å². The van der Waals surface area contributed by atoms with Crippen LogP contribution in [0.4, 0.5) is 0 Å². The van der Waals surface area contributed by atoms with Gasteiger partial charge in [-0.1, -0.05) is 29.8 Å². The predicted molar refractivity (Wildman–Crippen MR) is 89.2 cm³/mol. The predicted octanol–water partition coefficient (Wildman–Crippen LogP) is 1.71. The number of rotatable bonds is 6. The molecule has 6 nitrogen and oxygen atoms in total. The van der Waals surface area contributed by atoms with Crippen LogP contribution in [0.5, 0.6) is 0 Å². The monoisotopic (exact) mass is 332 g/mol. The number of nitrogens with zero attached hydrogens (tertiary/aromatic N) is 1. The lowest BCUT2D eigenvalue weighted by Crippen LogP contribution is -2.49. The van der Waals surface area contributed by atoms with E-state index in [0.29, 0.717) is 19.4 Å². The van der Waals surface area contributed by atoms with Crippen molar-refractivity contribution in [1.29, 1.82) is 0 Å². The number of carboxylic acid groups (broad SMARTS) is 1. The minimum Gasteiger partial charge on any atom is -0.481 e. The Morgan fingerprint density at radius 1 is 1.29 bits per heavy atom. The summed E-state index contributed by atoms with van der Waals surface area (Å²) in [5.41, 5.74) is 2.11. The average Bonchev–Trinajstić information content (AvgIpc) is 2.89. The number of hydrogen-bond acceptors (Lipinski definition) is 3. The van der Waals surface area contributed by atoms with E-state index in [-0.39, 0.29) is 11.8 Å². The Morgan fingerprint density at radius 3 is 2.50 bits per heavy atom. The summed E-state index contributed by atoms with van der Waals surface area (Å²) < 4.78 is 0. The van der Waals surface area contributed by atoms with Crippen LogP contribution < -0.4 is 5.32 Å². The number of carbonyl (C=O) groups excluding carboxylic acids is 2. The second kappa shape index (κ2) is 7.47. The van der Waals surface area contributed by atoms with E-state index in [1.165, 1.54) is 0 Å². The topological polar surface area (TPSA) is 86.7 Å². The van der Waals surface area contributed by atoms with Crippen LogP contribution in [0.1, 0.15) is 37.8 Å². The summed E-state index contributed by atoms with van der Waals surface area (Å²) in [5.74, 6) is -1.97. The molecule has 1 saturated heterocycles. The van der Waals surface area contributed by atoms with Crippen LogP contribution in [0, 0.1) is 12.8 Å². The van der Waals surface area contributed by atoms with Crippen molar-refractivity contribution in [2.24, 2.45) is 5.92 Å². The zero-order valence-electron chi connectivity index (χ0n) is 14.3. The fourth-order valence-corrected chi connectivity index (χ4v) is 2.75. The first-order valence-corrected chi connectivity index (χ1v) is 8.17. The van der Waals surface area contributed by atoms with Crippen molar-refractivity contribution in [2.45, 2.75) is 52.2 Å². The Kier molecular flexibility index (Phi) is 5.59. The maximum absolute atomic E-state index is 12.5. The van der Waals surface area contributed by atoms with Gasteiger partial charge in [-0.2, -0.15) is 0 Å². The molecule has 1 aromatic carbocycles. The molecule has 3 unspecified atom stereocenters. The number of aryl methyl sites for hydroxylation is 1. The van der Waals surface area contributed by atoms with Crippen molar-refractivity contribution in [3.63, 3.8) is 0 Å². The highest BCUT2D eigenvalue weighted by Gasteiger charge is 2.37. The molecule has 24 heavy (non-hydrogen) atoms. The molecule has 130 valence electrons. The van der Waals surface area contributed by atoms with Crippen molar-refractivity contribution >= 4 is 17.8 Å². The molecule has 0 radical (unpaired) electrons. The van der Waals surface area contributed by atoms with Crippen molar-refractivity contribution < 1.29 is 19.5 Å². The molecule has 1 aromatic rings. The highest BCUT2D eigenvalue weighted by molar-refractivity contribution is 5.91. The van der Waals surface area contributed by atoms with E-state index in [9.17, 15) is 14.4 Å². The fourth-order valence-electron chi connectivity index (χ4n) is 2.75. The molecule has 0 spiro atoms. The lowest BCUT2D eigenvalue weighted by atomic mass is 10.0. The molecule has 2 amide bonds. The van der Waals surface area contributed by atoms with Gasteiger partial charge in [-0.15, -0.1) is 0 Å². The number of aliphatic carboxylic acids is 1. The molecule has 1 aliphatic rings. The van der Waals surface area contributed by atoms with Gasteiger partial charge in [0.2, 0.25) is 11.8 Å². The van der Waals surface area contributed by atoms with Crippen LogP contribution in [0.2, 0.25) is 0 Å². The largest absolute Gasteiger partial charge is 0.481 e. The van der Waals surface area contributed by atoms with E-state index in [2.05, 4.69) is 5.32 Å². The molecule has 1 heterocycles. The molecule has 0 aliphatic carbocycles. The van der Waals surface area contributed by atoms with Crippen molar-refractivity contribution in [1.82, 2.24) is 10.2 Å². The second-order valence-electron chi connectivity index (χ2n) is 6.49. The van der Waals surface area contributed by atoms with Crippen LogP contribution in [0.25, 0.3) is 0 Å². The van der Waals surface area contributed by atoms with E-state index in [1.54, 1.807) is 18.7 Å². The van der Waals surface area contributed by atoms with E-state index in [1.807, 2.05) is 31.2 Å². The van der Waals surface area contributed by atoms with Gasteiger partial charge >= 0.3 is 5.97 Å². The van der Waals surface area contributed by atoms with E-state index in [4.69, 9.17) is 5.11 Å². The van der Waals surface area contributed by atoms with Crippen molar-refractivity contribution in [2.75, 3.05) is 0 Å². The van der Waals surface area contributed by atoms with Gasteiger partial charge in [-0.3, -0.25) is 14.4 Å². The normalized spacial score (nSPS) is 19.9. The van der Waals surface area contributed by atoms with Gasteiger partial charge in [0, 0.05) is 19.0 Å². The second-order valence-corrected chi connectivity index (χ2v) is 6.49. The van der Waals surface area contributed by atoms with Gasteiger partial charge in [0.25, 0.3) is 0 Å². The zero-order chi connectivity index (χ0) is 17.9. The Morgan fingerprint density at radius 2 is 1.92 bits per heavy atom. The van der Waals surface area contributed by atoms with Gasteiger partial charge in [-0.05, 0) is 32.8 Å². The van der Waals surface area contributed by atoms with E-state index >= 15 is 0 Å². The minimum absolute atomic E-state index is 0.0466. The molecule has 3 atom stereocenters. The molecule has 0 bridgehead atoms. The Hall–Kier alpha value is -2.37. The maximum atomic E-state index is 12.5. The highest BCUT2D eigenvalue weighted by atomic mass is 16.4. The van der Waals surface area contributed by atoms with Crippen LogP contribution in [0.3, 0.4) is 0 Å². The Balaban J connectivity index is 2.05. The molecule has 1 aliphatic heterocycles. The lowest BCUT2D eigenvalue weighted by molar-refractivity contribution is -0.143. The van der Waals surface area contributed by atoms with Gasteiger partial charge in [0.15, 0.2) is 0 Å². The quantitative estimate of drug-likeness (QED) is 0.830. The van der Waals surface area contributed by atoms with Crippen LogP contribution in [-0.2, 0) is 20.9 Å². The standard InChI is InChI=1S/C18H24N2O4/c1-11-4-6-14(7-5-11)10-20-15(8-9-16(20)21)17(22)19-13(3)12(2)18(23)24/h4-7,12-13,15H,8-10H2,1-3H3,(H,19,22)(H,23,24). The number of amides is 2. The molecular weight excluding hydrogens is 308 g/mol. The smallest absolute Gasteiger partial charge is 0.308 e. The lowest BCUT2D eigenvalue weighted by Gasteiger charge is -2.26. The van der Waals surface area contributed by atoms with Gasteiger partial charge in [0.05, 0.1) is 5.92 Å². The summed E-state index contributed by atoms with van der Waals surface area (Å²) >= 11 is 0. The summed E-state index contributed by atoms with van der Waals surface area (Å²) in [4.78, 5) is 37.2. The highest BCUT2D eigenvalue weighted by Crippen LogP contribution is 2.22. The number of benzene rings is 1. The molecule has 6 heteroatoms. The molecule has 1 fully saturated rings. The first kappa shape index (κ1) is 18.0. The molecular formula is C18H24N2O4. The average molecular weight is 332 g/mol. The number of carboxylic acids is 1. The first-order chi connectivity index (χ1) is 11.3. The summed E-state index contributed by atoms with van der Waals surface area (Å²) in [5, 5.41) is 11.8. The SMILES string of the molecule is Cc1ccc(CN2C(=O)CCC2C(=O)NC(C)C(C)C(=O)O)cc1. The molecule has 0 aromatic heterocycles. The Bertz CT molecular complexity index is 626. The maximum Gasteiger partial charge on any atom is 0.308 e. The third-order valence-electron chi connectivity index (χ3n) is 4.61.